The molecule has 0 amide bonds. The first-order valence-corrected chi connectivity index (χ1v) is 11.7. The van der Waals surface area contributed by atoms with Crippen LogP contribution in [0, 0.1) is 6.92 Å². The quantitative estimate of drug-likeness (QED) is 0.254. The van der Waals surface area contributed by atoms with Crippen molar-refractivity contribution in [3.63, 3.8) is 0 Å². The molecule has 4 aromatic carbocycles. The number of aromatic nitrogens is 1. The maximum Gasteiger partial charge on any atom is 0.336 e. The maximum atomic E-state index is 12.1. The number of carboxylic acids is 1. The first-order chi connectivity index (χ1) is 16.5. The van der Waals surface area contributed by atoms with Gasteiger partial charge in [-0.2, -0.15) is 0 Å². The molecular formula is C29H22BrNO3. The maximum absolute atomic E-state index is 12.1. The zero-order chi connectivity index (χ0) is 23.7. The lowest BCUT2D eigenvalue weighted by molar-refractivity contribution is 0.0699. The molecule has 0 aliphatic carbocycles. The molecule has 5 rings (SSSR count). The van der Waals surface area contributed by atoms with Crippen LogP contribution < -0.4 is 4.74 Å². The van der Waals surface area contributed by atoms with Crippen LogP contribution in [0.25, 0.3) is 27.7 Å². The molecule has 0 unspecified atom stereocenters. The van der Waals surface area contributed by atoms with Gasteiger partial charge < -0.3 is 14.4 Å². The number of halogens is 1. The van der Waals surface area contributed by atoms with Gasteiger partial charge in [0, 0.05) is 21.4 Å². The molecule has 0 saturated heterocycles. The topological polar surface area (TPSA) is 51.5 Å². The van der Waals surface area contributed by atoms with Gasteiger partial charge in [0.05, 0.1) is 11.3 Å². The summed E-state index contributed by atoms with van der Waals surface area (Å²) in [5.74, 6) is -0.190. The second-order valence-corrected chi connectivity index (χ2v) is 9.05. The second-order valence-electron chi connectivity index (χ2n) is 8.13. The third-order valence-electron chi connectivity index (χ3n) is 5.87. The van der Waals surface area contributed by atoms with Crippen LogP contribution in [0.1, 0.15) is 21.6 Å². The van der Waals surface area contributed by atoms with Crippen LogP contribution in [0.15, 0.2) is 102 Å². The van der Waals surface area contributed by atoms with Gasteiger partial charge >= 0.3 is 5.97 Å². The molecule has 168 valence electrons. The van der Waals surface area contributed by atoms with Crippen molar-refractivity contribution in [2.75, 3.05) is 0 Å². The van der Waals surface area contributed by atoms with Gasteiger partial charge in [0.15, 0.2) is 0 Å². The lowest BCUT2D eigenvalue weighted by atomic mass is 10.0. The van der Waals surface area contributed by atoms with E-state index in [1.807, 2.05) is 97.9 Å². The standard InChI is InChI=1S/C29H22BrNO3/c1-19-11-13-27(26-16-22(30)12-14-28(26)34-18-20-7-3-2-4-8-20)31(19)23-15-21-9-5-6-10-24(21)25(17-23)29(32)33/h2-17H,18H2,1H3,(H,32,33). The van der Waals surface area contributed by atoms with Crippen molar-refractivity contribution in [2.45, 2.75) is 13.5 Å². The number of aryl methyl sites for hydroxylation is 1. The molecule has 0 aliphatic heterocycles. The number of rotatable bonds is 6. The first kappa shape index (κ1) is 22.0. The molecule has 5 heteroatoms. The lowest BCUT2D eigenvalue weighted by Crippen LogP contribution is -2.05. The van der Waals surface area contributed by atoms with E-state index >= 15 is 0 Å². The number of nitrogens with zero attached hydrogens (tertiary/aromatic N) is 1. The number of aromatic carboxylic acids is 1. The Morgan fingerprint density at radius 2 is 1.68 bits per heavy atom. The predicted molar refractivity (Wildman–Crippen MR) is 139 cm³/mol. The zero-order valence-electron chi connectivity index (χ0n) is 18.5. The molecule has 34 heavy (non-hydrogen) atoms. The highest BCUT2D eigenvalue weighted by molar-refractivity contribution is 9.10. The van der Waals surface area contributed by atoms with Crippen molar-refractivity contribution < 1.29 is 14.6 Å². The molecule has 0 atom stereocenters. The summed E-state index contributed by atoms with van der Waals surface area (Å²) in [6, 6.07) is 31.4. The van der Waals surface area contributed by atoms with E-state index in [1.165, 1.54) is 0 Å². The fraction of sp³-hybridized carbons (Fsp3) is 0.0690. The highest BCUT2D eigenvalue weighted by Gasteiger charge is 2.18. The first-order valence-electron chi connectivity index (χ1n) is 10.9. The molecule has 0 radical (unpaired) electrons. The number of carboxylic acid groups (broad SMARTS) is 1. The van der Waals surface area contributed by atoms with Crippen LogP contribution in [0.5, 0.6) is 5.75 Å². The monoisotopic (exact) mass is 511 g/mol. The largest absolute Gasteiger partial charge is 0.488 e. The van der Waals surface area contributed by atoms with Crippen LogP contribution in [0.4, 0.5) is 0 Å². The van der Waals surface area contributed by atoms with E-state index in [2.05, 4.69) is 20.5 Å². The van der Waals surface area contributed by atoms with E-state index in [4.69, 9.17) is 4.74 Å². The number of fused-ring (bicyclic) bond motifs is 1. The second kappa shape index (κ2) is 9.20. The Bertz CT molecular complexity index is 1510. The Hall–Kier alpha value is -3.83. The van der Waals surface area contributed by atoms with E-state index in [9.17, 15) is 9.90 Å². The summed E-state index contributed by atoms with van der Waals surface area (Å²) < 4.78 is 9.25. The van der Waals surface area contributed by atoms with E-state index in [1.54, 1.807) is 6.07 Å². The number of hydrogen-bond acceptors (Lipinski definition) is 2. The minimum Gasteiger partial charge on any atom is -0.488 e. The fourth-order valence-electron chi connectivity index (χ4n) is 4.26. The van der Waals surface area contributed by atoms with Gasteiger partial charge in [-0.25, -0.2) is 4.79 Å². The predicted octanol–water partition coefficient (Wildman–Crippen LogP) is 7.65. The van der Waals surface area contributed by atoms with Crippen LogP contribution >= 0.6 is 15.9 Å². The number of benzene rings is 4. The lowest BCUT2D eigenvalue weighted by Gasteiger charge is -2.17. The van der Waals surface area contributed by atoms with E-state index in [-0.39, 0.29) is 5.56 Å². The van der Waals surface area contributed by atoms with Crippen LogP contribution in [-0.4, -0.2) is 15.6 Å². The summed E-state index contributed by atoms with van der Waals surface area (Å²) in [4.78, 5) is 12.1. The summed E-state index contributed by atoms with van der Waals surface area (Å²) in [6.45, 7) is 2.47. The molecule has 1 aromatic heterocycles. The number of hydrogen-bond donors (Lipinski definition) is 1. The van der Waals surface area contributed by atoms with Gasteiger partial charge in [-0.05, 0) is 65.7 Å². The molecular weight excluding hydrogens is 490 g/mol. The average Bonchev–Trinajstić information content (AvgIpc) is 3.24. The smallest absolute Gasteiger partial charge is 0.336 e. The highest BCUT2D eigenvalue weighted by atomic mass is 79.9. The number of carbonyl (C=O) groups is 1. The molecule has 0 aliphatic rings. The minimum atomic E-state index is -0.946. The van der Waals surface area contributed by atoms with E-state index in [0.29, 0.717) is 6.61 Å². The normalized spacial score (nSPS) is 11.0. The Labute approximate surface area is 206 Å². The van der Waals surface area contributed by atoms with Gasteiger partial charge in [-0.15, -0.1) is 0 Å². The third-order valence-corrected chi connectivity index (χ3v) is 6.36. The van der Waals surface area contributed by atoms with E-state index < -0.39 is 5.97 Å². The van der Waals surface area contributed by atoms with Crippen molar-refractivity contribution >= 4 is 32.7 Å². The molecule has 0 bridgehead atoms. The van der Waals surface area contributed by atoms with E-state index in [0.717, 1.165) is 49.2 Å². The minimum absolute atomic E-state index is 0.280. The molecule has 1 heterocycles. The molecule has 1 N–H and O–H groups in total. The van der Waals surface area contributed by atoms with Gasteiger partial charge in [-0.1, -0.05) is 70.5 Å². The summed E-state index contributed by atoms with van der Waals surface area (Å²) in [5.41, 5.74) is 5.00. The summed E-state index contributed by atoms with van der Waals surface area (Å²) in [6.07, 6.45) is 0. The molecule has 0 fully saturated rings. The molecule has 0 spiro atoms. The number of ether oxygens (including phenoxy) is 1. The van der Waals surface area contributed by atoms with Crippen molar-refractivity contribution in [1.29, 1.82) is 0 Å². The average molecular weight is 512 g/mol. The summed E-state index contributed by atoms with van der Waals surface area (Å²) >= 11 is 3.60. The van der Waals surface area contributed by atoms with Crippen molar-refractivity contribution in [3.05, 3.63) is 118 Å². The van der Waals surface area contributed by atoms with Crippen LogP contribution in [0.3, 0.4) is 0 Å². The third kappa shape index (κ3) is 4.22. The Kier molecular flexibility index (Phi) is 5.95. The van der Waals surface area contributed by atoms with Gasteiger partial charge in [-0.3, -0.25) is 0 Å². The van der Waals surface area contributed by atoms with Gasteiger partial charge in [0.1, 0.15) is 12.4 Å². The van der Waals surface area contributed by atoms with Crippen molar-refractivity contribution in [1.82, 2.24) is 4.57 Å². The summed E-state index contributed by atoms with van der Waals surface area (Å²) in [5, 5.41) is 11.5. The van der Waals surface area contributed by atoms with Gasteiger partial charge in [0.2, 0.25) is 0 Å². The summed E-state index contributed by atoms with van der Waals surface area (Å²) in [7, 11) is 0. The Balaban J connectivity index is 1.64. The highest BCUT2D eigenvalue weighted by Crippen LogP contribution is 2.37. The van der Waals surface area contributed by atoms with Crippen LogP contribution in [-0.2, 0) is 6.61 Å². The van der Waals surface area contributed by atoms with Crippen molar-refractivity contribution in [2.24, 2.45) is 0 Å². The molecule has 0 saturated carbocycles. The zero-order valence-corrected chi connectivity index (χ0v) is 20.1. The Morgan fingerprint density at radius 3 is 2.47 bits per heavy atom. The van der Waals surface area contributed by atoms with Gasteiger partial charge in [0.25, 0.3) is 0 Å². The Morgan fingerprint density at radius 1 is 0.912 bits per heavy atom. The molecule has 5 aromatic rings. The fourth-order valence-corrected chi connectivity index (χ4v) is 4.62. The van der Waals surface area contributed by atoms with Crippen molar-refractivity contribution in [3.8, 4) is 22.7 Å². The molecule has 4 nitrogen and oxygen atoms in total. The van der Waals surface area contributed by atoms with Crippen LogP contribution in [0.2, 0.25) is 0 Å². The SMILES string of the molecule is Cc1ccc(-c2cc(Br)ccc2OCc2ccccc2)n1-c1cc(C(=O)O)c2ccccc2c1.